The van der Waals surface area contributed by atoms with E-state index in [0.717, 1.165) is 15.4 Å². The number of rotatable bonds is 3. The van der Waals surface area contributed by atoms with Gasteiger partial charge in [0.25, 0.3) is 5.56 Å². The summed E-state index contributed by atoms with van der Waals surface area (Å²) in [5.41, 5.74) is 0.707. The zero-order valence-electron chi connectivity index (χ0n) is 15.3. The highest BCUT2D eigenvalue weighted by molar-refractivity contribution is 9.10. The van der Waals surface area contributed by atoms with Crippen molar-refractivity contribution in [2.24, 2.45) is 0 Å². The highest BCUT2D eigenvalue weighted by Gasteiger charge is 2.16. The lowest BCUT2D eigenvalue weighted by Gasteiger charge is -2.19. The molecule has 27 heavy (non-hydrogen) atoms. The summed E-state index contributed by atoms with van der Waals surface area (Å²) < 4.78 is 7.56. The van der Waals surface area contributed by atoms with Crippen LogP contribution in [0, 0.1) is 0 Å². The minimum Gasteiger partial charge on any atom is -0.444 e. The largest absolute Gasteiger partial charge is 0.444 e. The molecular formula is C20H20BrN3O3. The third kappa shape index (κ3) is 4.95. The number of carbonyl (C=O) groups is 1. The molecule has 0 spiro atoms. The summed E-state index contributed by atoms with van der Waals surface area (Å²) in [6.45, 7) is 5.72. The van der Waals surface area contributed by atoms with Gasteiger partial charge in [0.15, 0.2) is 0 Å². The second-order valence-electron chi connectivity index (χ2n) is 7.17. The SMILES string of the molecule is CC(C)(C)OC(=O)Nc1cccc(Cn2ncc3cc(Br)ccc3c2=O)c1. The summed E-state index contributed by atoms with van der Waals surface area (Å²) in [6, 6.07) is 12.7. The van der Waals surface area contributed by atoms with Crippen molar-refractivity contribution in [3.63, 3.8) is 0 Å². The molecule has 0 aliphatic rings. The molecule has 7 heteroatoms. The first-order valence-corrected chi connectivity index (χ1v) is 9.25. The molecule has 6 nitrogen and oxygen atoms in total. The van der Waals surface area contributed by atoms with Gasteiger partial charge in [-0.05, 0) is 56.7 Å². The molecule has 3 aromatic rings. The predicted octanol–water partition coefficient (Wildman–Crippen LogP) is 4.55. The van der Waals surface area contributed by atoms with E-state index in [-0.39, 0.29) is 5.56 Å². The highest BCUT2D eigenvalue weighted by atomic mass is 79.9. The van der Waals surface area contributed by atoms with Crippen LogP contribution in [-0.4, -0.2) is 21.5 Å². The lowest BCUT2D eigenvalue weighted by Crippen LogP contribution is -2.27. The molecule has 0 fully saturated rings. The highest BCUT2D eigenvalue weighted by Crippen LogP contribution is 2.17. The Morgan fingerprint density at radius 2 is 2.00 bits per heavy atom. The number of anilines is 1. The van der Waals surface area contributed by atoms with Crippen LogP contribution in [0.3, 0.4) is 0 Å². The molecule has 1 heterocycles. The number of hydrogen-bond acceptors (Lipinski definition) is 4. The van der Waals surface area contributed by atoms with E-state index < -0.39 is 11.7 Å². The summed E-state index contributed by atoms with van der Waals surface area (Å²) in [6.07, 6.45) is 1.15. The number of halogens is 1. The number of ether oxygens (including phenoxy) is 1. The summed E-state index contributed by atoms with van der Waals surface area (Å²) >= 11 is 3.39. The first-order valence-electron chi connectivity index (χ1n) is 8.46. The maximum Gasteiger partial charge on any atom is 0.412 e. The van der Waals surface area contributed by atoms with Crippen LogP contribution in [0.2, 0.25) is 0 Å². The van der Waals surface area contributed by atoms with Crippen molar-refractivity contribution in [3.05, 3.63) is 69.1 Å². The Bertz CT molecular complexity index is 1050. The normalized spacial score (nSPS) is 11.4. The van der Waals surface area contributed by atoms with Gasteiger partial charge >= 0.3 is 6.09 Å². The molecule has 140 valence electrons. The number of hydrogen-bond donors (Lipinski definition) is 1. The van der Waals surface area contributed by atoms with Crippen LogP contribution in [0.5, 0.6) is 0 Å². The Kier molecular flexibility index (Phi) is 5.32. The fourth-order valence-electron chi connectivity index (χ4n) is 2.61. The number of nitrogens with one attached hydrogen (secondary N) is 1. The second-order valence-corrected chi connectivity index (χ2v) is 8.08. The van der Waals surface area contributed by atoms with Crippen LogP contribution < -0.4 is 10.9 Å². The molecule has 1 aromatic heterocycles. The van der Waals surface area contributed by atoms with Crippen molar-refractivity contribution < 1.29 is 9.53 Å². The van der Waals surface area contributed by atoms with E-state index >= 15 is 0 Å². The summed E-state index contributed by atoms with van der Waals surface area (Å²) in [5.74, 6) is 0. The monoisotopic (exact) mass is 429 g/mol. The standard InChI is InChI=1S/C20H20BrN3O3/c1-20(2,3)27-19(26)23-16-6-4-5-13(9-16)12-24-18(25)17-8-7-15(21)10-14(17)11-22-24/h4-11H,12H2,1-3H3,(H,23,26). The van der Waals surface area contributed by atoms with Gasteiger partial charge in [0.05, 0.1) is 18.1 Å². The van der Waals surface area contributed by atoms with E-state index in [0.29, 0.717) is 17.6 Å². The molecule has 2 aromatic carbocycles. The van der Waals surface area contributed by atoms with Crippen LogP contribution in [0.1, 0.15) is 26.3 Å². The van der Waals surface area contributed by atoms with Gasteiger partial charge in [0, 0.05) is 15.5 Å². The van der Waals surface area contributed by atoms with Gasteiger partial charge in [-0.15, -0.1) is 0 Å². The lowest BCUT2D eigenvalue weighted by molar-refractivity contribution is 0.0636. The van der Waals surface area contributed by atoms with Crippen LogP contribution in [-0.2, 0) is 11.3 Å². The van der Waals surface area contributed by atoms with Crippen LogP contribution in [0.25, 0.3) is 10.8 Å². The number of fused-ring (bicyclic) bond motifs is 1. The zero-order chi connectivity index (χ0) is 19.6. The quantitative estimate of drug-likeness (QED) is 0.662. The smallest absolute Gasteiger partial charge is 0.412 e. The minimum atomic E-state index is -0.570. The molecule has 0 saturated heterocycles. The number of amides is 1. The van der Waals surface area contributed by atoms with E-state index in [9.17, 15) is 9.59 Å². The first-order chi connectivity index (χ1) is 12.7. The summed E-state index contributed by atoms with van der Waals surface area (Å²) in [5, 5.41) is 8.35. The van der Waals surface area contributed by atoms with Crippen molar-refractivity contribution in [2.75, 3.05) is 5.32 Å². The van der Waals surface area contributed by atoms with Gasteiger partial charge in [-0.1, -0.05) is 28.1 Å². The average molecular weight is 430 g/mol. The van der Waals surface area contributed by atoms with Crippen molar-refractivity contribution in [1.82, 2.24) is 9.78 Å². The molecule has 0 bridgehead atoms. The maximum absolute atomic E-state index is 12.7. The fourth-order valence-corrected chi connectivity index (χ4v) is 2.99. The van der Waals surface area contributed by atoms with Gasteiger partial charge in [-0.25, -0.2) is 9.48 Å². The molecule has 1 N–H and O–H groups in total. The van der Waals surface area contributed by atoms with Gasteiger partial charge < -0.3 is 4.74 Å². The van der Waals surface area contributed by atoms with Crippen LogP contribution >= 0.6 is 15.9 Å². The molecule has 0 aliphatic carbocycles. The summed E-state index contributed by atoms with van der Waals surface area (Å²) in [4.78, 5) is 24.6. The Hall–Kier alpha value is -2.67. The molecule has 0 saturated carbocycles. The third-order valence-electron chi connectivity index (χ3n) is 3.72. The number of aromatic nitrogens is 2. The van der Waals surface area contributed by atoms with Crippen LogP contribution in [0.15, 0.2) is 57.9 Å². The van der Waals surface area contributed by atoms with Gasteiger partial charge in [-0.3, -0.25) is 10.1 Å². The molecule has 0 unspecified atom stereocenters. The Morgan fingerprint density at radius 1 is 1.22 bits per heavy atom. The molecule has 1 amide bonds. The van der Waals surface area contributed by atoms with E-state index in [1.165, 1.54) is 4.68 Å². The van der Waals surface area contributed by atoms with Crippen molar-refractivity contribution in [3.8, 4) is 0 Å². The van der Waals surface area contributed by atoms with Crippen molar-refractivity contribution >= 4 is 38.5 Å². The molecule has 0 atom stereocenters. The van der Waals surface area contributed by atoms with E-state index in [2.05, 4.69) is 26.3 Å². The van der Waals surface area contributed by atoms with Gasteiger partial charge in [0.1, 0.15) is 5.60 Å². The topological polar surface area (TPSA) is 73.2 Å². The summed E-state index contributed by atoms with van der Waals surface area (Å²) in [7, 11) is 0. The van der Waals surface area contributed by atoms with Crippen molar-refractivity contribution in [1.29, 1.82) is 0 Å². The predicted molar refractivity (Wildman–Crippen MR) is 109 cm³/mol. The maximum atomic E-state index is 12.7. The fraction of sp³-hybridized carbons (Fsp3) is 0.250. The molecule has 0 aliphatic heterocycles. The van der Waals surface area contributed by atoms with E-state index in [1.807, 2.05) is 24.3 Å². The Balaban J connectivity index is 1.81. The average Bonchev–Trinajstić information content (AvgIpc) is 2.56. The van der Waals surface area contributed by atoms with Gasteiger partial charge in [-0.2, -0.15) is 5.10 Å². The third-order valence-corrected chi connectivity index (χ3v) is 4.21. The minimum absolute atomic E-state index is 0.162. The van der Waals surface area contributed by atoms with Crippen LogP contribution in [0.4, 0.5) is 10.5 Å². The lowest BCUT2D eigenvalue weighted by atomic mass is 10.2. The Labute approximate surface area is 165 Å². The first kappa shape index (κ1) is 19.1. The van der Waals surface area contributed by atoms with Crippen molar-refractivity contribution in [2.45, 2.75) is 32.9 Å². The number of nitrogens with zero attached hydrogens (tertiary/aromatic N) is 2. The Morgan fingerprint density at radius 3 is 2.74 bits per heavy atom. The van der Waals surface area contributed by atoms with Gasteiger partial charge in [0.2, 0.25) is 0 Å². The second kappa shape index (κ2) is 7.52. The number of benzene rings is 2. The molecular weight excluding hydrogens is 410 g/mol. The molecule has 0 radical (unpaired) electrons. The zero-order valence-corrected chi connectivity index (χ0v) is 16.9. The molecule has 3 rings (SSSR count). The number of carbonyl (C=O) groups excluding carboxylic acids is 1. The van der Waals surface area contributed by atoms with E-state index in [1.54, 1.807) is 45.2 Å². The van der Waals surface area contributed by atoms with E-state index in [4.69, 9.17) is 4.74 Å².